The van der Waals surface area contributed by atoms with E-state index in [4.69, 9.17) is 27.9 Å². The van der Waals surface area contributed by atoms with Gasteiger partial charge in [-0.1, -0.05) is 35.3 Å². The summed E-state index contributed by atoms with van der Waals surface area (Å²) in [5, 5.41) is 11.9. The van der Waals surface area contributed by atoms with E-state index in [0.29, 0.717) is 53.0 Å². The van der Waals surface area contributed by atoms with Gasteiger partial charge in [-0.15, -0.1) is 0 Å². The van der Waals surface area contributed by atoms with E-state index in [1.54, 1.807) is 48.9 Å². The fourth-order valence-corrected chi connectivity index (χ4v) is 4.49. The van der Waals surface area contributed by atoms with E-state index in [2.05, 4.69) is 4.98 Å². The number of halogens is 2. The van der Waals surface area contributed by atoms with Crippen molar-refractivity contribution in [1.82, 2.24) is 14.5 Å². The van der Waals surface area contributed by atoms with Crippen LogP contribution in [0.4, 0.5) is 0 Å². The normalized spacial score (nSPS) is 17.4. The van der Waals surface area contributed by atoms with E-state index < -0.39 is 17.7 Å². The van der Waals surface area contributed by atoms with Gasteiger partial charge in [0.25, 0.3) is 11.7 Å². The largest absolute Gasteiger partial charge is 0.507 e. The number of aromatic nitrogens is 2. The highest BCUT2D eigenvalue weighted by Crippen LogP contribution is 2.41. The number of nitrogens with zero attached hydrogens (tertiary/aromatic N) is 3. The lowest BCUT2D eigenvalue weighted by molar-refractivity contribution is -0.139. The quantitative estimate of drug-likeness (QED) is 0.264. The van der Waals surface area contributed by atoms with Crippen LogP contribution in [0.1, 0.15) is 30.5 Å². The zero-order valence-electron chi connectivity index (χ0n) is 18.4. The predicted molar refractivity (Wildman–Crippen MR) is 130 cm³/mol. The molecule has 1 fully saturated rings. The molecule has 0 bridgehead atoms. The van der Waals surface area contributed by atoms with Gasteiger partial charge in [0.15, 0.2) is 0 Å². The number of Topliss-reactive ketones (excluding diaryl/α,β-unsaturated/α-hetero) is 1. The van der Waals surface area contributed by atoms with Gasteiger partial charge in [-0.2, -0.15) is 0 Å². The van der Waals surface area contributed by atoms with Crippen LogP contribution >= 0.6 is 23.2 Å². The molecule has 1 aromatic heterocycles. The lowest BCUT2D eigenvalue weighted by atomic mass is 9.95. The van der Waals surface area contributed by atoms with Gasteiger partial charge in [-0.25, -0.2) is 4.98 Å². The molecule has 1 atom stereocenters. The molecule has 0 saturated carbocycles. The molecule has 4 rings (SSSR count). The maximum atomic E-state index is 13.1. The molecular weight excluding hydrogens is 477 g/mol. The molecule has 1 saturated heterocycles. The molecule has 0 spiro atoms. The number of rotatable bonds is 8. The van der Waals surface area contributed by atoms with Gasteiger partial charge in [0.05, 0.1) is 29.6 Å². The zero-order chi connectivity index (χ0) is 24.2. The lowest BCUT2D eigenvalue weighted by Crippen LogP contribution is -2.31. The van der Waals surface area contributed by atoms with Gasteiger partial charge in [0, 0.05) is 36.1 Å². The smallest absolute Gasteiger partial charge is 0.295 e. The van der Waals surface area contributed by atoms with Crippen LogP contribution in [0.2, 0.25) is 10.0 Å². The molecule has 3 aromatic rings. The number of ether oxygens (including phenoxy) is 1. The Morgan fingerprint density at radius 2 is 1.97 bits per heavy atom. The van der Waals surface area contributed by atoms with E-state index in [1.807, 2.05) is 17.7 Å². The second kappa shape index (κ2) is 10.3. The molecule has 1 amide bonds. The molecule has 34 heavy (non-hydrogen) atoms. The molecule has 2 heterocycles. The summed E-state index contributed by atoms with van der Waals surface area (Å²) in [6.07, 6.45) is 5.80. The molecule has 1 N–H and O–H groups in total. The number of ketones is 1. The van der Waals surface area contributed by atoms with Crippen molar-refractivity contribution in [3.05, 3.63) is 87.9 Å². The summed E-state index contributed by atoms with van der Waals surface area (Å²) in [5.74, 6) is -1.26. The van der Waals surface area contributed by atoms with Crippen LogP contribution < -0.4 is 4.74 Å². The maximum absolute atomic E-state index is 13.1. The SMILES string of the molecule is CCOc1ccc(/C(O)=C2\C(=O)C(=O)N(CCCn3ccnc3)C2c2cccc(Cl)c2)cc1Cl. The van der Waals surface area contributed by atoms with Gasteiger partial charge in [-0.3, -0.25) is 9.59 Å². The molecule has 0 aliphatic carbocycles. The van der Waals surface area contributed by atoms with Gasteiger partial charge in [-0.05, 0) is 49.2 Å². The number of hydrogen-bond acceptors (Lipinski definition) is 5. The summed E-state index contributed by atoms with van der Waals surface area (Å²) in [6, 6.07) is 10.9. The molecule has 1 aliphatic heterocycles. The Labute approximate surface area is 207 Å². The van der Waals surface area contributed by atoms with Crippen LogP contribution in [0, 0.1) is 0 Å². The molecule has 0 radical (unpaired) electrons. The Morgan fingerprint density at radius 1 is 1.15 bits per heavy atom. The average molecular weight is 500 g/mol. The number of hydrogen-bond donors (Lipinski definition) is 1. The minimum absolute atomic E-state index is 0.00451. The lowest BCUT2D eigenvalue weighted by Gasteiger charge is -2.25. The van der Waals surface area contributed by atoms with Crippen molar-refractivity contribution in [3.8, 4) is 5.75 Å². The first-order valence-electron chi connectivity index (χ1n) is 10.8. The van der Waals surface area contributed by atoms with Crippen LogP contribution in [0.3, 0.4) is 0 Å². The average Bonchev–Trinajstić information content (AvgIpc) is 3.42. The van der Waals surface area contributed by atoms with E-state index in [9.17, 15) is 14.7 Å². The van der Waals surface area contributed by atoms with Gasteiger partial charge < -0.3 is 19.3 Å². The Morgan fingerprint density at radius 3 is 2.65 bits per heavy atom. The molecule has 1 unspecified atom stereocenters. The number of aryl methyl sites for hydroxylation is 1. The molecule has 9 heteroatoms. The third-order valence-electron chi connectivity index (χ3n) is 5.58. The fraction of sp³-hybridized carbons (Fsp3) is 0.240. The number of aliphatic hydroxyl groups is 1. The summed E-state index contributed by atoms with van der Waals surface area (Å²) >= 11 is 12.5. The molecule has 2 aromatic carbocycles. The Balaban J connectivity index is 1.74. The van der Waals surface area contributed by atoms with Crippen molar-refractivity contribution in [2.45, 2.75) is 25.9 Å². The van der Waals surface area contributed by atoms with Gasteiger partial charge in [0.2, 0.25) is 0 Å². The van der Waals surface area contributed by atoms with E-state index in [-0.39, 0.29) is 11.3 Å². The van der Waals surface area contributed by atoms with Crippen molar-refractivity contribution >= 4 is 40.7 Å². The monoisotopic (exact) mass is 499 g/mol. The van der Waals surface area contributed by atoms with Crippen molar-refractivity contribution in [2.24, 2.45) is 0 Å². The fourth-order valence-electron chi connectivity index (χ4n) is 4.05. The standard InChI is InChI=1S/C25H23Cl2N3O4/c1-2-34-20-8-7-17(14-19(20)27)23(31)21-22(16-5-3-6-18(26)13-16)30(25(33)24(21)32)11-4-10-29-12-9-28-15-29/h3,5-9,12-15,22,31H,2,4,10-11H2,1H3/b23-21+. The third-order valence-corrected chi connectivity index (χ3v) is 6.11. The topological polar surface area (TPSA) is 84.7 Å². The molecule has 7 nitrogen and oxygen atoms in total. The van der Waals surface area contributed by atoms with Crippen molar-refractivity contribution < 1.29 is 19.4 Å². The number of aliphatic hydroxyl groups excluding tert-OH is 1. The number of benzene rings is 2. The molecular formula is C25H23Cl2N3O4. The zero-order valence-corrected chi connectivity index (χ0v) is 20.0. The molecule has 176 valence electrons. The third kappa shape index (κ3) is 4.81. The summed E-state index contributed by atoms with van der Waals surface area (Å²) in [7, 11) is 0. The number of imidazole rings is 1. The minimum Gasteiger partial charge on any atom is -0.507 e. The first-order chi connectivity index (χ1) is 16.4. The highest BCUT2D eigenvalue weighted by atomic mass is 35.5. The number of likely N-dealkylation sites (tertiary alicyclic amines) is 1. The highest BCUT2D eigenvalue weighted by molar-refractivity contribution is 6.46. The summed E-state index contributed by atoms with van der Waals surface area (Å²) in [6.45, 7) is 3.20. The summed E-state index contributed by atoms with van der Waals surface area (Å²) in [5.41, 5.74) is 0.944. The van der Waals surface area contributed by atoms with Crippen LogP contribution in [0.15, 0.2) is 66.8 Å². The van der Waals surface area contributed by atoms with E-state index >= 15 is 0 Å². The van der Waals surface area contributed by atoms with Crippen molar-refractivity contribution in [2.75, 3.05) is 13.2 Å². The Kier molecular flexibility index (Phi) is 7.24. The first kappa shape index (κ1) is 23.9. The number of amides is 1. The van der Waals surface area contributed by atoms with Gasteiger partial charge in [0.1, 0.15) is 11.5 Å². The van der Waals surface area contributed by atoms with Crippen LogP contribution in [0.5, 0.6) is 5.75 Å². The summed E-state index contributed by atoms with van der Waals surface area (Å²) < 4.78 is 7.35. The van der Waals surface area contributed by atoms with E-state index in [1.165, 1.54) is 11.0 Å². The second-order valence-electron chi connectivity index (χ2n) is 7.78. The highest BCUT2D eigenvalue weighted by Gasteiger charge is 2.45. The number of carbonyl (C=O) groups excluding carboxylic acids is 2. The predicted octanol–water partition coefficient (Wildman–Crippen LogP) is 5.10. The Bertz CT molecular complexity index is 1240. The maximum Gasteiger partial charge on any atom is 0.295 e. The van der Waals surface area contributed by atoms with Crippen molar-refractivity contribution in [1.29, 1.82) is 0 Å². The van der Waals surface area contributed by atoms with Crippen LogP contribution in [-0.2, 0) is 16.1 Å². The van der Waals surface area contributed by atoms with Crippen LogP contribution in [0.25, 0.3) is 5.76 Å². The van der Waals surface area contributed by atoms with Gasteiger partial charge >= 0.3 is 0 Å². The molecule has 1 aliphatic rings. The van der Waals surface area contributed by atoms with E-state index in [0.717, 1.165) is 0 Å². The minimum atomic E-state index is -0.785. The first-order valence-corrected chi connectivity index (χ1v) is 11.6. The van der Waals surface area contributed by atoms with Crippen molar-refractivity contribution in [3.63, 3.8) is 0 Å². The summed E-state index contributed by atoms with van der Waals surface area (Å²) in [4.78, 5) is 31.7. The Hall–Kier alpha value is -3.29. The second-order valence-corrected chi connectivity index (χ2v) is 8.62. The van der Waals surface area contributed by atoms with Crippen LogP contribution in [-0.4, -0.2) is 44.4 Å². The number of carbonyl (C=O) groups is 2.